The Labute approximate surface area is 117 Å². The summed E-state index contributed by atoms with van der Waals surface area (Å²) < 4.78 is 0. The maximum Gasteiger partial charge on any atom is 0.0617 e. The summed E-state index contributed by atoms with van der Waals surface area (Å²) in [7, 11) is 0. The lowest BCUT2D eigenvalue weighted by atomic mass is 9.64. The van der Waals surface area contributed by atoms with Gasteiger partial charge < -0.3 is 5.32 Å². The van der Waals surface area contributed by atoms with Gasteiger partial charge in [0.05, 0.1) is 6.17 Å². The van der Waals surface area contributed by atoms with Crippen LogP contribution >= 0.6 is 0 Å². The van der Waals surface area contributed by atoms with Crippen LogP contribution in [0.5, 0.6) is 0 Å². The molecule has 2 aliphatic heterocycles. The fourth-order valence-electron chi connectivity index (χ4n) is 5.39. The van der Waals surface area contributed by atoms with E-state index in [4.69, 9.17) is 0 Å². The molecule has 4 aliphatic rings. The van der Waals surface area contributed by atoms with Gasteiger partial charge in [0, 0.05) is 18.6 Å². The zero-order chi connectivity index (χ0) is 12.7. The van der Waals surface area contributed by atoms with E-state index in [1.54, 1.807) is 0 Å². The van der Waals surface area contributed by atoms with Gasteiger partial charge in [-0.15, -0.1) is 0 Å². The van der Waals surface area contributed by atoms with E-state index in [9.17, 15) is 0 Å². The predicted molar refractivity (Wildman–Crippen MR) is 77.9 cm³/mol. The van der Waals surface area contributed by atoms with Gasteiger partial charge in [0.2, 0.25) is 0 Å². The van der Waals surface area contributed by atoms with Crippen LogP contribution in [0, 0.1) is 17.8 Å². The molecule has 3 atom stereocenters. The van der Waals surface area contributed by atoms with Crippen molar-refractivity contribution in [3.8, 4) is 0 Å². The fraction of sp³-hybridized carbons (Fsp3) is 1.00. The molecule has 0 spiro atoms. The highest BCUT2D eigenvalue weighted by Gasteiger charge is 2.46. The second kappa shape index (κ2) is 5.34. The highest BCUT2D eigenvalue weighted by molar-refractivity contribution is 5.02. The Morgan fingerprint density at radius 3 is 2.00 bits per heavy atom. The van der Waals surface area contributed by atoms with Crippen LogP contribution in [-0.4, -0.2) is 31.3 Å². The summed E-state index contributed by atoms with van der Waals surface area (Å²) in [5.74, 6) is 2.76. The van der Waals surface area contributed by atoms with Crippen LogP contribution in [0.1, 0.15) is 51.4 Å². The van der Waals surface area contributed by atoms with Crippen LogP contribution in [0.3, 0.4) is 0 Å². The number of hydrogen-bond acceptors (Lipinski definition) is 3. The summed E-state index contributed by atoms with van der Waals surface area (Å²) in [6.07, 6.45) is 12.1. The van der Waals surface area contributed by atoms with Gasteiger partial charge in [-0.2, -0.15) is 0 Å². The smallest absolute Gasteiger partial charge is 0.0617 e. The molecule has 108 valence electrons. The van der Waals surface area contributed by atoms with Gasteiger partial charge in [-0.25, -0.2) is 0 Å². The molecule has 3 heteroatoms. The van der Waals surface area contributed by atoms with Crippen molar-refractivity contribution in [1.82, 2.24) is 16.0 Å². The first-order valence-corrected chi connectivity index (χ1v) is 8.64. The molecule has 2 saturated carbocycles. The van der Waals surface area contributed by atoms with Crippen molar-refractivity contribution in [2.24, 2.45) is 17.8 Å². The second-order valence-electron chi connectivity index (χ2n) is 7.33. The summed E-state index contributed by atoms with van der Waals surface area (Å²) in [6, 6.07) is 1.63. The maximum absolute atomic E-state index is 4.00. The molecule has 0 aromatic carbocycles. The summed E-state index contributed by atoms with van der Waals surface area (Å²) in [5, 5.41) is 11.6. The van der Waals surface area contributed by atoms with E-state index in [0.717, 1.165) is 29.8 Å². The highest BCUT2D eigenvalue weighted by atomic mass is 15.2. The maximum atomic E-state index is 4.00. The third-order valence-corrected chi connectivity index (χ3v) is 6.25. The monoisotopic (exact) mass is 263 g/mol. The Bertz CT molecular complexity index is 293. The minimum Gasteiger partial charge on any atom is -0.316 e. The van der Waals surface area contributed by atoms with Gasteiger partial charge in [0.25, 0.3) is 0 Å². The summed E-state index contributed by atoms with van der Waals surface area (Å²) in [6.45, 7) is 2.43. The second-order valence-corrected chi connectivity index (χ2v) is 7.33. The normalized spacial score (nSPS) is 50.5. The lowest BCUT2D eigenvalue weighted by Crippen LogP contribution is -2.69. The van der Waals surface area contributed by atoms with Crippen LogP contribution in [0.4, 0.5) is 0 Å². The number of hydrogen-bond donors (Lipinski definition) is 3. The molecule has 2 heterocycles. The van der Waals surface area contributed by atoms with E-state index < -0.39 is 0 Å². The first kappa shape index (κ1) is 12.6. The molecule has 0 amide bonds. The minimum absolute atomic E-state index is 0.580. The Morgan fingerprint density at radius 2 is 1.37 bits per heavy atom. The number of rotatable bonds is 1. The van der Waals surface area contributed by atoms with Crippen LogP contribution in [0.2, 0.25) is 0 Å². The number of nitrogens with one attached hydrogen (secondary N) is 3. The van der Waals surface area contributed by atoms with Crippen molar-refractivity contribution < 1.29 is 0 Å². The standard InChI is InChI=1S/C16H29N3/c1-4-11-5-2-8-14-15(11)13(7-1)18-16(19-14)12-6-3-9-17-10-12/h11-19H,1-10H2. The van der Waals surface area contributed by atoms with Crippen molar-refractivity contribution in [3.63, 3.8) is 0 Å². The Morgan fingerprint density at radius 1 is 0.684 bits per heavy atom. The van der Waals surface area contributed by atoms with Crippen LogP contribution < -0.4 is 16.0 Å². The molecule has 0 radical (unpaired) electrons. The predicted octanol–water partition coefficient (Wildman–Crippen LogP) is 1.84. The van der Waals surface area contributed by atoms with Gasteiger partial charge in [-0.1, -0.05) is 25.7 Å². The molecule has 3 nitrogen and oxygen atoms in total. The molecule has 2 saturated heterocycles. The van der Waals surface area contributed by atoms with Gasteiger partial charge in [0.15, 0.2) is 0 Å². The minimum atomic E-state index is 0.580. The van der Waals surface area contributed by atoms with Gasteiger partial charge in [-0.05, 0) is 50.0 Å². The zero-order valence-corrected chi connectivity index (χ0v) is 12.0. The quantitative estimate of drug-likeness (QED) is 0.675. The Balaban J connectivity index is 1.48. The molecule has 19 heavy (non-hydrogen) atoms. The van der Waals surface area contributed by atoms with Crippen molar-refractivity contribution in [1.29, 1.82) is 0 Å². The van der Waals surface area contributed by atoms with E-state index in [2.05, 4.69) is 16.0 Å². The van der Waals surface area contributed by atoms with Crippen molar-refractivity contribution in [2.45, 2.75) is 69.6 Å². The Kier molecular flexibility index (Phi) is 3.55. The average molecular weight is 263 g/mol. The highest BCUT2D eigenvalue weighted by Crippen LogP contribution is 2.43. The van der Waals surface area contributed by atoms with Gasteiger partial charge in [-0.3, -0.25) is 10.6 Å². The third-order valence-electron chi connectivity index (χ3n) is 6.25. The molecule has 0 bridgehead atoms. The summed E-state index contributed by atoms with van der Waals surface area (Å²) in [5.41, 5.74) is 0. The molecular formula is C16H29N3. The van der Waals surface area contributed by atoms with Crippen LogP contribution in [0.25, 0.3) is 0 Å². The van der Waals surface area contributed by atoms with Gasteiger partial charge >= 0.3 is 0 Å². The first-order chi connectivity index (χ1) is 9.42. The van der Waals surface area contributed by atoms with E-state index in [-0.39, 0.29) is 0 Å². The molecular weight excluding hydrogens is 234 g/mol. The molecule has 3 N–H and O–H groups in total. The molecule has 0 aromatic rings. The third kappa shape index (κ3) is 2.34. The average Bonchev–Trinajstić information content (AvgIpc) is 2.49. The van der Waals surface area contributed by atoms with Crippen molar-refractivity contribution in [3.05, 3.63) is 0 Å². The summed E-state index contributed by atoms with van der Waals surface area (Å²) in [4.78, 5) is 0. The molecule has 4 fully saturated rings. The fourth-order valence-corrected chi connectivity index (χ4v) is 5.39. The number of piperidine rings is 1. The van der Waals surface area contributed by atoms with Crippen LogP contribution in [-0.2, 0) is 0 Å². The van der Waals surface area contributed by atoms with E-state index in [0.29, 0.717) is 6.17 Å². The zero-order valence-electron chi connectivity index (χ0n) is 12.0. The van der Waals surface area contributed by atoms with E-state index in [1.807, 2.05) is 0 Å². The van der Waals surface area contributed by atoms with Crippen LogP contribution in [0.15, 0.2) is 0 Å². The summed E-state index contributed by atoms with van der Waals surface area (Å²) >= 11 is 0. The molecule has 2 aliphatic carbocycles. The van der Waals surface area contributed by atoms with E-state index >= 15 is 0 Å². The van der Waals surface area contributed by atoms with E-state index in [1.165, 1.54) is 64.5 Å². The lowest BCUT2D eigenvalue weighted by molar-refractivity contribution is 0.0197. The molecule has 3 unspecified atom stereocenters. The topological polar surface area (TPSA) is 36.1 Å². The first-order valence-electron chi connectivity index (χ1n) is 8.64. The largest absolute Gasteiger partial charge is 0.316 e. The lowest BCUT2D eigenvalue weighted by Gasteiger charge is -2.54. The molecule has 0 aromatic heterocycles. The van der Waals surface area contributed by atoms with Crippen molar-refractivity contribution >= 4 is 0 Å². The molecule has 4 rings (SSSR count). The van der Waals surface area contributed by atoms with Crippen molar-refractivity contribution in [2.75, 3.05) is 13.1 Å². The van der Waals surface area contributed by atoms with Gasteiger partial charge in [0.1, 0.15) is 0 Å². The SMILES string of the molecule is C1CNCC(C2NC3CCCC4CCCC(N2)C43)C1. The Hall–Kier alpha value is -0.120.